The molecule has 0 bridgehead atoms. The monoisotopic (exact) mass is 180 g/mol. The number of ether oxygens (including phenoxy) is 1. The molecule has 1 heterocycles. The third-order valence-electron chi connectivity index (χ3n) is 2.35. The predicted octanol–water partition coefficient (Wildman–Crippen LogP) is 1.21. The molecule has 0 saturated heterocycles. The second kappa shape index (κ2) is 3.85. The van der Waals surface area contributed by atoms with Gasteiger partial charge in [-0.25, -0.2) is 0 Å². The zero-order chi connectivity index (χ0) is 9.90. The number of methoxy groups -OCH3 is 1. The van der Waals surface area contributed by atoms with Gasteiger partial charge in [-0.2, -0.15) is 0 Å². The molecule has 1 rings (SSSR count). The molecule has 0 aliphatic carbocycles. The van der Waals surface area contributed by atoms with Gasteiger partial charge in [0.1, 0.15) is 5.60 Å². The summed E-state index contributed by atoms with van der Waals surface area (Å²) in [5.74, 6) is 0. The minimum Gasteiger partial charge on any atom is -0.371 e. The molecule has 0 aliphatic heterocycles. The van der Waals surface area contributed by atoms with Crippen LogP contribution in [0.25, 0.3) is 0 Å². The van der Waals surface area contributed by atoms with Crippen molar-refractivity contribution in [2.45, 2.75) is 19.4 Å². The van der Waals surface area contributed by atoms with E-state index in [4.69, 9.17) is 10.5 Å². The zero-order valence-electron chi connectivity index (χ0n) is 8.37. The normalized spacial score (nSPS) is 15.4. The Balaban J connectivity index is 3.12. The van der Waals surface area contributed by atoms with Gasteiger partial charge in [0.15, 0.2) is 0 Å². The van der Waals surface area contributed by atoms with E-state index in [0.717, 1.165) is 11.3 Å². The van der Waals surface area contributed by atoms with E-state index in [1.165, 1.54) is 0 Å². The molecule has 3 heteroatoms. The molecule has 72 valence electrons. The summed E-state index contributed by atoms with van der Waals surface area (Å²) in [6.45, 7) is 4.39. The zero-order valence-corrected chi connectivity index (χ0v) is 8.37. The van der Waals surface area contributed by atoms with Crippen LogP contribution in [0, 0.1) is 6.92 Å². The lowest BCUT2D eigenvalue weighted by Gasteiger charge is -2.26. The minimum atomic E-state index is -0.467. The summed E-state index contributed by atoms with van der Waals surface area (Å²) in [7, 11) is 1.65. The first-order chi connectivity index (χ1) is 6.14. The Labute approximate surface area is 78.9 Å². The Morgan fingerprint density at radius 2 is 2.31 bits per heavy atom. The number of nitrogens with two attached hydrogens (primary N) is 1. The highest BCUT2D eigenvalue weighted by Crippen LogP contribution is 2.23. The summed E-state index contributed by atoms with van der Waals surface area (Å²) >= 11 is 0. The molecule has 0 aromatic carbocycles. The molecule has 0 saturated carbocycles. The first kappa shape index (κ1) is 10.2. The smallest absolute Gasteiger partial charge is 0.119 e. The van der Waals surface area contributed by atoms with Crippen LogP contribution in [0.1, 0.15) is 18.2 Å². The van der Waals surface area contributed by atoms with Crippen molar-refractivity contribution in [3.8, 4) is 0 Å². The number of aromatic nitrogens is 1. The summed E-state index contributed by atoms with van der Waals surface area (Å²) in [5, 5.41) is 0. The molecule has 0 aliphatic rings. The molecule has 1 aromatic heterocycles. The van der Waals surface area contributed by atoms with Crippen molar-refractivity contribution in [1.82, 2.24) is 4.98 Å². The van der Waals surface area contributed by atoms with Crippen LogP contribution in [0.2, 0.25) is 0 Å². The largest absolute Gasteiger partial charge is 0.371 e. The molecule has 0 amide bonds. The molecule has 2 N–H and O–H groups in total. The van der Waals surface area contributed by atoms with Gasteiger partial charge in [0, 0.05) is 19.9 Å². The van der Waals surface area contributed by atoms with Gasteiger partial charge < -0.3 is 10.5 Å². The molecule has 0 spiro atoms. The van der Waals surface area contributed by atoms with Gasteiger partial charge in [-0.3, -0.25) is 4.98 Å². The molecule has 1 aromatic rings. The van der Waals surface area contributed by atoms with E-state index < -0.39 is 5.60 Å². The van der Waals surface area contributed by atoms with E-state index in [9.17, 15) is 0 Å². The quantitative estimate of drug-likeness (QED) is 0.760. The minimum absolute atomic E-state index is 0.432. The number of hydrogen-bond donors (Lipinski definition) is 1. The van der Waals surface area contributed by atoms with Crippen LogP contribution in [0.15, 0.2) is 18.3 Å². The Kier molecular flexibility index (Phi) is 3.01. The number of pyridine rings is 1. The van der Waals surface area contributed by atoms with E-state index in [-0.39, 0.29) is 0 Å². The number of hydrogen-bond acceptors (Lipinski definition) is 3. The van der Waals surface area contributed by atoms with Crippen molar-refractivity contribution in [2.24, 2.45) is 5.73 Å². The van der Waals surface area contributed by atoms with Gasteiger partial charge in [0.05, 0.1) is 5.69 Å². The van der Waals surface area contributed by atoms with E-state index in [1.807, 2.05) is 26.0 Å². The van der Waals surface area contributed by atoms with Gasteiger partial charge >= 0.3 is 0 Å². The molecule has 3 nitrogen and oxygen atoms in total. The average Bonchev–Trinajstić information content (AvgIpc) is 2.17. The van der Waals surface area contributed by atoms with Crippen LogP contribution in [0.5, 0.6) is 0 Å². The van der Waals surface area contributed by atoms with Crippen LogP contribution in [-0.4, -0.2) is 18.6 Å². The van der Waals surface area contributed by atoms with Crippen molar-refractivity contribution in [3.05, 3.63) is 29.6 Å². The van der Waals surface area contributed by atoms with Gasteiger partial charge in [-0.15, -0.1) is 0 Å². The predicted molar refractivity (Wildman–Crippen MR) is 52.4 cm³/mol. The molecule has 0 radical (unpaired) electrons. The highest BCUT2D eigenvalue weighted by atomic mass is 16.5. The topological polar surface area (TPSA) is 48.1 Å². The standard InChI is InChI=1S/C10H16N2O/c1-8-5-4-6-12-9(8)10(2,7-11)13-3/h4-6H,7,11H2,1-3H3. The fourth-order valence-electron chi connectivity index (χ4n) is 1.32. The van der Waals surface area contributed by atoms with Gasteiger partial charge in [-0.05, 0) is 25.5 Å². The maximum absolute atomic E-state index is 5.65. The Hall–Kier alpha value is -0.930. The van der Waals surface area contributed by atoms with Crippen LogP contribution in [0.4, 0.5) is 0 Å². The lowest BCUT2D eigenvalue weighted by Crippen LogP contribution is -2.35. The van der Waals surface area contributed by atoms with Crippen LogP contribution < -0.4 is 5.73 Å². The summed E-state index contributed by atoms with van der Waals surface area (Å²) in [4.78, 5) is 4.29. The fraction of sp³-hybridized carbons (Fsp3) is 0.500. The van der Waals surface area contributed by atoms with E-state index >= 15 is 0 Å². The third kappa shape index (κ3) is 1.87. The third-order valence-corrected chi connectivity index (χ3v) is 2.35. The van der Waals surface area contributed by atoms with Crippen molar-refractivity contribution in [3.63, 3.8) is 0 Å². The highest BCUT2D eigenvalue weighted by molar-refractivity contribution is 5.23. The maximum Gasteiger partial charge on any atom is 0.119 e. The van der Waals surface area contributed by atoms with Gasteiger partial charge in [0.25, 0.3) is 0 Å². The molecule has 1 unspecified atom stereocenters. The lowest BCUT2D eigenvalue weighted by molar-refractivity contribution is 0.00586. The second-order valence-corrected chi connectivity index (χ2v) is 3.31. The SMILES string of the molecule is COC(C)(CN)c1ncccc1C. The summed E-state index contributed by atoms with van der Waals surface area (Å²) < 4.78 is 5.37. The Bertz CT molecular complexity index is 282. The average molecular weight is 180 g/mol. The van der Waals surface area contributed by atoms with E-state index in [1.54, 1.807) is 13.3 Å². The van der Waals surface area contributed by atoms with Crippen molar-refractivity contribution >= 4 is 0 Å². The van der Waals surface area contributed by atoms with Gasteiger partial charge in [0.2, 0.25) is 0 Å². The number of aryl methyl sites for hydroxylation is 1. The molecular weight excluding hydrogens is 164 g/mol. The Morgan fingerprint density at radius 3 is 2.77 bits per heavy atom. The van der Waals surface area contributed by atoms with E-state index in [0.29, 0.717) is 6.54 Å². The highest BCUT2D eigenvalue weighted by Gasteiger charge is 2.27. The van der Waals surface area contributed by atoms with Crippen molar-refractivity contribution in [2.75, 3.05) is 13.7 Å². The van der Waals surface area contributed by atoms with Crippen LogP contribution >= 0.6 is 0 Å². The fourth-order valence-corrected chi connectivity index (χ4v) is 1.32. The number of rotatable bonds is 3. The lowest BCUT2D eigenvalue weighted by atomic mass is 9.98. The summed E-state index contributed by atoms with van der Waals surface area (Å²) in [5.41, 5.74) is 7.21. The number of nitrogens with zero attached hydrogens (tertiary/aromatic N) is 1. The molecule has 0 fully saturated rings. The molecular formula is C10H16N2O. The molecule has 1 atom stereocenters. The first-order valence-corrected chi connectivity index (χ1v) is 4.31. The first-order valence-electron chi connectivity index (χ1n) is 4.31. The van der Waals surface area contributed by atoms with Crippen molar-refractivity contribution < 1.29 is 4.74 Å². The summed E-state index contributed by atoms with van der Waals surface area (Å²) in [6.07, 6.45) is 1.76. The maximum atomic E-state index is 5.65. The van der Waals surface area contributed by atoms with Crippen LogP contribution in [0.3, 0.4) is 0 Å². The Morgan fingerprint density at radius 1 is 1.62 bits per heavy atom. The molecule has 13 heavy (non-hydrogen) atoms. The van der Waals surface area contributed by atoms with Crippen LogP contribution in [-0.2, 0) is 10.3 Å². The summed E-state index contributed by atoms with van der Waals surface area (Å²) in [6, 6.07) is 3.92. The van der Waals surface area contributed by atoms with Crippen molar-refractivity contribution in [1.29, 1.82) is 0 Å². The second-order valence-electron chi connectivity index (χ2n) is 3.31. The van der Waals surface area contributed by atoms with E-state index in [2.05, 4.69) is 4.98 Å². The van der Waals surface area contributed by atoms with Gasteiger partial charge in [-0.1, -0.05) is 6.07 Å².